The molecular formula is C8H15N3O2. The van der Waals surface area contributed by atoms with Crippen molar-refractivity contribution in [1.82, 2.24) is 10.1 Å². The maximum absolute atomic E-state index is 5.47. The summed E-state index contributed by atoms with van der Waals surface area (Å²) in [6.07, 6.45) is 0.654. The van der Waals surface area contributed by atoms with Gasteiger partial charge in [-0.1, -0.05) is 12.1 Å². The first kappa shape index (κ1) is 10.1. The molecule has 74 valence electrons. The lowest BCUT2D eigenvalue weighted by Gasteiger charge is -1.98. The average molecular weight is 185 g/mol. The number of nitrogens with zero attached hydrogens (tertiary/aromatic N) is 2. The van der Waals surface area contributed by atoms with Crippen LogP contribution in [-0.4, -0.2) is 30.4 Å². The van der Waals surface area contributed by atoms with Crippen molar-refractivity contribution in [3.8, 4) is 0 Å². The Bertz CT molecular complexity index is 249. The molecule has 0 aliphatic carbocycles. The van der Waals surface area contributed by atoms with E-state index in [0.717, 1.165) is 0 Å². The SMILES string of the molecule is COCCc1nc(C(C)CN)no1. The van der Waals surface area contributed by atoms with E-state index in [1.807, 2.05) is 6.92 Å². The fourth-order valence-electron chi connectivity index (χ4n) is 0.865. The summed E-state index contributed by atoms with van der Waals surface area (Å²) >= 11 is 0. The molecule has 0 saturated heterocycles. The van der Waals surface area contributed by atoms with Gasteiger partial charge in [0.1, 0.15) is 0 Å². The molecule has 5 nitrogen and oxygen atoms in total. The van der Waals surface area contributed by atoms with Gasteiger partial charge in [0, 0.05) is 19.6 Å². The Balaban J connectivity index is 2.53. The highest BCUT2D eigenvalue weighted by Crippen LogP contribution is 2.09. The highest BCUT2D eigenvalue weighted by Gasteiger charge is 2.11. The lowest BCUT2D eigenvalue weighted by atomic mass is 10.2. The molecule has 1 unspecified atom stereocenters. The van der Waals surface area contributed by atoms with Crippen LogP contribution in [0.3, 0.4) is 0 Å². The molecule has 0 aliphatic rings. The third kappa shape index (κ3) is 2.78. The largest absolute Gasteiger partial charge is 0.384 e. The fraction of sp³-hybridized carbons (Fsp3) is 0.750. The highest BCUT2D eigenvalue weighted by atomic mass is 16.5. The summed E-state index contributed by atoms with van der Waals surface area (Å²) < 4.78 is 9.88. The Morgan fingerprint density at radius 1 is 1.62 bits per heavy atom. The van der Waals surface area contributed by atoms with Gasteiger partial charge >= 0.3 is 0 Å². The van der Waals surface area contributed by atoms with Crippen LogP contribution >= 0.6 is 0 Å². The van der Waals surface area contributed by atoms with E-state index in [0.29, 0.717) is 31.3 Å². The van der Waals surface area contributed by atoms with Crippen LogP contribution in [0.25, 0.3) is 0 Å². The van der Waals surface area contributed by atoms with Crippen LogP contribution in [0.1, 0.15) is 24.6 Å². The van der Waals surface area contributed by atoms with Crippen LogP contribution in [0.15, 0.2) is 4.52 Å². The molecule has 2 N–H and O–H groups in total. The van der Waals surface area contributed by atoms with Gasteiger partial charge in [-0.2, -0.15) is 4.98 Å². The summed E-state index contributed by atoms with van der Waals surface area (Å²) in [5.41, 5.74) is 5.47. The van der Waals surface area contributed by atoms with Crippen LogP contribution in [0.4, 0.5) is 0 Å². The molecule has 0 aromatic carbocycles. The second kappa shape index (κ2) is 4.94. The molecule has 5 heteroatoms. The Morgan fingerprint density at radius 3 is 3.00 bits per heavy atom. The lowest BCUT2D eigenvalue weighted by molar-refractivity contribution is 0.192. The Morgan fingerprint density at radius 2 is 2.38 bits per heavy atom. The number of ether oxygens (including phenoxy) is 1. The number of rotatable bonds is 5. The third-order valence-corrected chi connectivity index (χ3v) is 1.80. The molecule has 0 radical (unpaired) electrons. The van der Waals surface area contributed by atoms with Crippen LogP contribution in [0, 0.1) is 0 Å². The van der Waals surface area contributed by atoms with Crippen molar-refractivity contribution in [2.45, 2.75) is 19.3 Å². The van der Waals surface area contributed by atoms with Gasteiger partial charge in [-0.15, -0.1) is 0 Å². The predicted molar refractivity (Wildman–Crippen MR) is 47.3 cm³/mol. The second-order valence-electron chi connectivity index (χ2n) is 2.93. The van der Waals surface area contributed by atoms with Gasteiger partial charge in [0.2, 0.25) is 5.89 Å². The summed E-state index contributed by atoms with van der Waals surface area (Å²) in [6, 6.07) is 0. The van der Waals surface area contributed by atoms with Crippen LogP contribution < -0.4 is 5.73 Å². The second-order valence-corrected chi connectivity index (χ2v) is 2.93. The molecule has 1 rings (SSSR count). The summed E-state index contributed by atoms with van der Waals surface area (Å²) in [6.45, 7) is 3.09. The molecule has 0 saturated carbocycles. The Labute approximate surface area is 77.3 Å². The first-order valence-electron chi connectivity index (χ1n) is 4.29. The summed E-state index contributed by atoms with van der Waals surface area (Å²) in [4.78, 5) is 4.18. The van der Waals surface area contributed by atoms with Gasteiger partial charge in [0.05, 0.1) is 13.0 Å². The topological polar surface area (TPSA) is 74.2 Å². The monoisotopic (exact) mass is 185 g/mol. The smallest absolute Gasteiger partial charge is 0.228 e. The third-order valence-electron chi connectivity index (χ3n) is 1.80. The number of hydrogen-bond donors (Lipinski definition) is 1. The molecule has 13 heavy (non-hydrogen) atoms. The minimum absolute atomic E-state index is 0.153. The Hall–Kier alpha value is -0.940. The molecular weight excluding hydrogens is 170 g/mol. The van der Waals surface area contributed by atoms with Crippen molar-refractivity contribution in [1.29, 1.82) is 0 Å². The molecule has 0 fully saturated rings. The van der Waals surface area contributed by atoms with E-state index in [1.54, 1.807) is 7.11 Å². The molecule has 1 heterocycles. The van der Waals surface area contributed by atoms with Crippen molar-refractivity contribution in [2.75, 3.05) is 20.3 Å². The zero-order chi connectivity index (χ0) is 9.68. The summed E-state index contributed by atoms with van der Waals surface area (Å²) in [7, 11) is 1.64. The van der Waals surface area contributed by atoms with Crippen molar-refractivity contribution in [2.24, 2.45) is 5.73 Å². The first-order valence-corrected chi connectivity index (χ1v) is 4.29. The Kier molecular flexibility index (Phi) is 3.85. The van der Waals surface area contributed by atoms with Gasteiger partial charge in [0.25, 0.3) is 0 Å². The molecule has 0 amide bonds. The molecule has 1 aromatic heterocycles. The highest BCUT2D eigenvalue weighted by molar-refractivity contribution is 4.94. The molecule has 1 aromatic rings. The minimum atomic E-state index is 0.153. The average Bonchev–Trinajstić information content (AvgIpc) is 2.62. The predicted octanol–water partition coefficient (Wildman–Crippen LogP) is 0.321. The van der Waals surface area contributed by atoms with E-state index in [4.69, 9.17) is 15.0 Å². The summed E-state index contributed by atoms with van der Waals surface area (Å²) in [5, 5.41) is 3.82. The molecule has 0 spiro atoms. The van der Waals surface area contributed by atoms with Gasteiger partial charge in [-0.3, -0.25) is 0 Å². The number of hydrogen-bond acceptors (Lipinski definition) is 5. The van der Waals surface area contributed by atoms with Crippen LogP contribution in [0.5, 0.6) is 0 Å². The van der Waals surface area contributed by atoms with Crippen molar-refractivity contribution >= 4 is 0 Å². The maximum atomic E-state index is 5.47. The molecule has 1 atom stereocenters. The zero-order valence-corrected chi connectivity index (χ0v) is 7.99. The normalized spacial score (nSPS) is 13.2. The standard InChI is InChI=1S/C8H15N3O2/c1-6(5-9)8-10-7(13-11-8)3-4-12-2/h6H,3-5,9H2,1-2H3. The zero-order valence-electron chi connectivity index (χ0n) is 7.99. The van der Waals surface area contributed by atoms with E-state index < -0.39 is 0 Å². The van der Waals surface area contributed by atoms with Gasteiger partial charge in [-0.25, -0.2) is 0 Å². The fourth-order valence-corrected chi connectivity index (χ4v) is 0.865. The van der Waals surface area contributed by atoms with E-state index in [9.17, 15) is 0 Å². The van der Waals surface area contributed by atoms with Gasteiger partial charge in [-0.05, 0) is 0 Å². The van der Waals surface area contributed by atoms with Crippen molar-refractivity contribution in [3.05, 3.63) is 11.7 Å². The van der Waals surface area contributed by atoms with E-state index in [2.05, 4.69) is 10.1 Å². The van der Waals surface area contributed by atoms with E-state index in [-0.39, 0.29) is 5.92 Å². The minimum Gasteiger partial charge on any atom is -0.384 e. The molecule has 0 bridgehead atoms. The van der Waals surface area contributed by atoms with Gasteiger partial charge < -0.3 is 15.0 Å². The number of nitrogens with two attached hydrogens (primary N) is 1. The summed E-state index contributed by atoms with van der Waals surface area (Å²) in [5.74, 6) is 1.44. The van der Waals surface area contributed by atoms with Gasteiger partial charge in [0.15, 0.2) is 5.82 Å². The van der Waals surface area contributed by atoms with Crippen LogP contribution in [-0.2, 0) is 11.2 Å². The maximum Gasteiger partial charge on any atom is 0.228 e. The molecule has 0 aliphatic heterocycles. The number of aromatic nitrogens is 2. The quantitative estimate of drug-likeness (QED) is 0.715. The van der Waals surface area contributed by atoms with E-state index >= 15 is 0 Å². The van der Waals surface area contributed by atoms with E-state index in [1.165, 1.54) is 0 Å². The number of methoxy groups -OCH3 is 1. The first-order chi connectivity index (χ1) is 6.27. The van der Waals surface area contributed by atoms with Crippen molar-refractivity contribution < 1.29 is 9.26 Å². The van der Waals surface area contributed by atoms with Crippen LogP contribution in [0.2, 0.25) is 0 Å². The lowest BCUT2D eigenvalue weighted by Crippen LogP contribution is -2.10. The van der Waals surface area contributed by atoms with Crippen molar-refractivity contribution in [3.63, 3.8) is 0 Å².